The molecule has 1 aromatic heterocycles. The van der Waals surface area contributed by atoms with Crippen LogP contribution in [0.25, 0.3) is 0 Å². The van der Waals surface area contributed by atoms with Gasteiger partial charge in [0, 0.05) is 25.8 Å². The summed E-state index contributed by atoms with van der Waals surface area (Å²) in [6.45, 7) is 4.24. The number of nitrogens with one attached hydrogen (secondary N) is 1. The number of nitrogens with zero attached hydrogens (tertiary/aromatic N) is 2. The third-order valence-electron chi connectivity index (χ3n) is 3.80. The maximum atomic E-state index is 12.2. The summed E-state index contributed by atoms with van der Waals surface area (Å²) in [5.74, 6) is 0.720. The summed E-state index contributed by atoms with van der Waals surface area (Å²) in [5.41, 5.74) is 3.36. The molecule has 2 aromatic rings. The van der Waals surface area contributed by atoms with E-state index in [0.29, 0.717) is 12.1 Å². The van der Waals surface area contributed by atoms with Crippen molar-refractivity contribution in [3.05, 3.63) is 59.3 Å². The molecule has 108 valence electrons. The van der Waals surface area contributed by atoms with Gasteiger partial charge < -0.3 is 10.2 Å². The Labute approximate surface area is 124 Å². The van der Waals surface area contributed by atoms with E-state index >= 15 is 0 Å². The van der Waals surface area contributed by atoms with Crippen molar-refractivity contribution in [2.45, 2.75) is 19.9 Å². The number of hydrogen-bond donors (Lipinski definition) is 1. The molecule has 1 aliphatic heterocycles. The number of fused-ring (bicyclic) bond motifs is 1. The highest BCUT2D eigenvalue weighted by atomic mass is 16.1. The highest BCUT2D eigenvalue weighted by molar-refractivity contribution is 5.98. The Morgan fingerprint density at radius 3 is 2.86 bits per heavy atom. The molecule has 4 nitrogen and oxygen atoms in total. The van der Waals surface area contributed by atoms with Crippen LogP contribution in [0.3, 0.4) is 0 Å². The summed E-state index contributed by atoms with van der Waals surface area (Å²) in [5, 5.41) is 2.85. The third kappa shape index (κ3) is 2.75. The number of pyridine rings is 1. The average molecular weight is 281 g/mol. The number of hydrogen-bond acceptors (Lipinski definition) is 3. The van der Waals surface area contributed by atoms with E-state index < -0.39 is 0 Å². The molecule has 1 amide bonds. The molecule has 3 rings (SSSR count). The Morgan fingerprint density at radius 2 is 2.05 bits per heavy atom. The fourth-order valence-corrected chi connectivity index (χ4v) is 2.76. The molecule has 0 radical (unpaired) electrons. The molecule has 2 heterocycles. The van der Waals surface area contributed by atoms with Gasteiger partial charge in [-0.25, -0.2) is 4.98 Å². The molecule has 1 N–H and O–H groups in total. The van der Waals surface area contributed by atoms with Gasteiger partial charge in [0.2, 0.25) is 0 Å². The van der Waals surface area contributed by atoms with E-state index in [-0.39, 0.29) is 5.91 Å². The minimum Gasteiger partial charge on any atom is -0.352 e. The molecule has 0 spiro atoms. The first-order valence-electron chi connectivity index (χ1n) is 7.34. The van der Waals surface area contributed by atoms with E-state index in [0.717, 1.165) is 25.3 Å². The fraction of sp³-hybridized carbons (Fsp3) is 0.294. The molecule has 0 unspecified atom stereocenters. The van der Waals surface area contributed by atoms with E-state index in [2.05, 4.69) is 39.5 Å². The van der Waals surface area contributed by atoms with Crippen LogP contribution in [-0.4, -0.2) is 24.0 Å². The molecule has 1 aliphatic rings. The van der Waals surface area contributed by atoms with Gasteiger partial charge in [-0.3, -0.25) is 4.79 Å². The van der Waals surface area contributed by atoms with Gasteiger partial charge in [-0.15, -0.1) is 0 Å². The van der Waals surface area contributed by atoms with Gasteiger partial charge in [-0.1, -0.05) is 24.3 Å². The molecule has 0 aliphatic carbocycles. The van der Waals surface area contributed by atoms with Crippen molar-refractivity contribution in [1.82, 2.24) is 10.3 Å². The van der Waals surface area contributed by atoms with Gasteiger partial charge in [-0.05, 0) is 36.6 Å². The summed E-state index contributed by atoms with van der Waals surface area (Å²) >= 11 is 0. The topological polar surface area (TPSA) is 45.2 Å². The monoisotopic (exact) mass is 281 g/mol. The van der Waals surface area contributed by atoms with E-state index in [1.165, 1.54) is 11.1 Å². The van der Waals surface area contributed by atoms with E-state index in [1.807, 2.05) is 19.1 Å². The van der Waals surface area contributed by atoms with Crippen LogP contribution in [-0.2, 0) is 13.0 Å². The second-order valence-corrected chi connectivity index (χ2v) is 5.17. The van der Waals surface area contributed by atoms with E-state index in [9.17, 15) is 4.79 Å². The minimum absolute atomic E-state index is 0.0561. The van der Waals surface area contributed by atoms with Gasteiger partial charge in [-0.2, -0.15) is 0 Å². The van der Waals surface area contributed by atoms with Crippen LogP contribution >= 0.6 is 0 Å². The number of carbonyl (C=O) groups is 1. The normalized spacial score (nSPS) is 13.7. The van der Waals surface area contributed by atoms with Gasteiger partial charge in [0.25, 0.3) is 5.91 Å². The van der Waals surface area contributed by atoms with Crippen LogP contribution in [0.2, 0.25) is 0 Å². The number of benzene rings is 1. The Bertz CT molecular complexity index is 654. The SMILES string of the molecule is CCNC(=O)c1cccnc1N1CCc2ccccc2C1. The summed E-state index contributed by atoms with van der Waals surface area (Å²) in [6, 6.07) is 12.1. The van der Waals surface area contributed by atoms with Gasteiger partial charge in [0.05, 0.1) is 5.56 Å². The maximum absolute atomic E-state index is 12.2. The number of aromatic nitrogens is 1. The Morgan fingerprint density at radius 1 is 1.24 bits per heavy atom. The lowest BCUT2D eigenvalue weighted by molar-refractivity contribution is 0.0956. The second kappa shape index (κ2) is 5.95. The zero-order chi connectivity index (χ0) is 14.7. The number of carbonyl (C=O) groups excluding carboxylic acids is 1. The smallest absolute Gasteiger partial charge is 0.255 e. The quantitative estimate of drug-likeness (QED) is 0.939. The van der Waals surface area contributed by atoms with Crippen LogP contribution in [0.5, 0.6) is 0 Å². The molecular formula is C17H19N3O. The molecule has 0 atom stereocenters. The van der Waals surface area contributed by atoms with Crippen molar-refractivity contribution < 1.29 is 4.79 Å². The molecule has 0 bridgehead atoms. The Kier molecular flexibility index (Phi) is 3.86. The summed E-state index contributed by atoms with van der Waals surface area (Å²) in [7, 11) is 0. The standard InChI is InChI=1S/C17H19N3O/c1-2-18-17(21)15-8-5-10-19-16(15)20-11-9-13-6-3-4-7-14(13)12-20/h3-8,10H,2,9,11-12H2,1H3,(H,18,21). The van der Waals surface area contributed by atoms with Gasteiger partial charge in [0.1, 0.15) is 5.82 Å². The van der Waals surface area contributed by atoms with Crippen LogP contribution in [0, 0.1) is 0 Å². The van der Waals surface area contributed by atoms with Crippen molar-refractivity contribution >= 4 is 11.7 Å². The number of amides is 1. The number of anilines is 1. The maximum Gasteiger partial charge on any atom is 0.255 e. The molecule has 4 heteroatoms. The van der Waals surface area contributed by atoms with Crippen LogP contribution < -0.4 is 10.2 Å². The molecule has 0 saturated heterocycles. The lowest BCUT2D eigenvalue weighted by Gasteiger charge is -2.30. The van der Waals surface area contributed by atoms with Crippen LogP contribution in [0.4, 0.5) is 5.82 Å². The fourth-order valence-electron chi connectivity index (χ4n) is 2.76. The summed E-state index contributed by atoms with van der Waals surface area (Å²) in [4.78, 5) is 18.8. The molecule has 21 heavy (non-hydrogen) atoms. The number of rotatable bonds is 3. The van der Waals surface area contributed by atoms with Gasteiger partial charge in [0.15, 0.2) is 0 Å². The third-order valence-corrected chi connectivity index (χ3v) is 3.80. The van der Waals surface area contributed by atoms with E-state index in [1.54, 1.807) is 6.20 Å². The lowest BCUT2D eigenvalue weighted by atomic mass is 9.99. The predicted molar refractivity (Wildman–Crippen MR) is 83.4 cm³/mol. The summed E-state index contributed by atoms with van der Waals surface area (Å²) in [6.07, 6.45) is 2.74. The van der Waals surface area contributed by atoms with Crippen molar-refractivity contribution in [2.75, 3.05) is 18.0 Å². The highest BCUT2D eigenvalue weighted by Gasteiger charge is 2.21. The first-order valence-corrected chi connectivity index (χ1v) is 7.34. The van der Waals surface area contributed by atoms with Crippen molar-refractivity contribution in [3.63, 3.8) is 0 Å². The average Bonchev–Trinajstić information content (AvgIpc) is 2.54. The zero-order valence-corrected chi connectivity index (χ0v) is 12.2. The van der Waals surface area contributed by atoms with E-state index in [4.69, 9.17) is 0 Å². The van der Waals surface area contributed by atoms with Crippen LogP contribution in [0.15, 0.2) is 42.6 Å². The molecule has 0 fully saturated rings. The lowest BCUT2D eigenvalue weighted by Crippen LogP contribution is -2.33. The van der Waals surface area contributed by atoms with Crippen LogP contribution in [0.1, 0.15) is 28.4 Å². The summed E-state index contributed by atoms with van der Waals surface area (Å²) < 4.78 is 0. The predicted octanol–water partition coefficient (Wildman–Crippen LogP) is 2.39. The van der Waals surface area contributed by atoms with Crippen molar-refractivity contribution in [3.8, 4) is 0 Å². The molecule has 1 aromatic carbocycles. The molecular weight excluding hydrogens is 262 g/mol. The molecule has 0 saturated carbocycles. The first kappa shape index (κ1) is 13.6. The first-order chi connectivity index (χ1) is 10.3. The van der Waals surface area contributed by atoms with Crippen molar-refractivity contribution in [2.24, 2.45) is 0 Å². The highest BCUT2D eigenvalue weighted by Crippen LogP contribution is 2.25. The Balaban J connectivity index is 1.90. The van der Waals surface area contributed by atoms with Crippen molar-refractivity contribution in [1.29, 1.82) is 0 Å². The zero-order valence-electron chi connectivity index (χ0n) is 12.2. The Hall–Kier alpha value is -2.36. The second-order valence-electron chi connectivity index (χ2n) is 5.17. The largest absolute Gasteiger partial charge is 0.352 e. The minimum atomic E-state index is -0.0561. The van der Waals surface area contributed by atoms with Gasteiger partial charge >= 0.3 is 0 Å².